The van der Waals surface area contributed by atoms with E-state index in [1.807, 2.05) is 36.4 Å². The van der Waals surface area contributed by atoms with Gasteiger partial charge in [-0.3, -0.25) is 4.79 Å². The summed E-state index contributed by atoms with van der Waals surface area (Å²) in [5.74, 6) is -0.556. The molecule has 0 saturated carbocycles. The minimum absolute atomic E-state index is 0.0387. The van der Waals surface area contributed by atoms with Gasteiger partial charge in [-0.05, 0) is 29.2 Å². The molecule has 1 aliphatic carbocycles. The first kappa shape index (κ1) is 16.6. The van der Waals surface area contributed by atoms with Gasteiger partial charge in [0.1, 0.15) is 6.61 Å². The molecule has 25 heavy (non-hydrogen) atoms. The number of hydrogen-bond donors (Lipinski definition) is 1. The highest BCUT2D eigenvalue weighted by atomic mass is 16.5. The fourth-order valence-corrected chi connectivity index (χ4v) is 3.06. The van der Waals surface area contributed by atoms with Gasteiger partial charge in [0.2, 0.25) is 0 Å². The van der Waals surface area contributed by atoms with Crippen LogP contribution in [0.1, 0.15) is 24.0 Å². The number of carbonyl (C=O) groups excluding carboxylic acids is 2. The third kappa shape index (κ3) is 3.34. The van der Waals surface area contributed by atoms with E-state index in [0.29, 0.717) is 0 Å². The molecule has 0 heterocycles. The van der Waals surface area contributed by atoms with Crippen LogP contribution >= 0.6 is 0 Å². The number of amides is 1. The number of Topliss-reactive ketones (excluding diaryl/α,β-unsaturated/α-hetero) is 1. The van der Waals surface area contributed by atoms with Crippen LogP contribution in [0.2, 0.25) is 0 Å². The predicted molar refractivity (Wildman–Crippen MR) is 92.4 cm³/mol. The maximum Gasteiger partial charge on any atom is 0.407 e. The summed E-state index contributed by atoms with van der Waals surface area (Å²) in [6, 6.07) is 15.3. The van der Waals surface area contributed by atoms with Crippen LogP contribution in [0.3, 0.4) is 0 Å². The van der Waals surface area contributed by atoms with E-state index in [2.05, 4.69) is 22.2 Å². The van der Waals surface area contributed by atoms with Crippen molar-refractivity contribution >= 4 is 18.1 Å². The number of nitrogens with one attached hydrogen (secondary N) is 1. The number of ether oxygens (including phenoxy) is 1. The number of benzene rings is 2. The summed E-state index contributed by atoms with van der Waals surface area (Å²) in [7, 11) is 0. The topological polar surface area (TPSA) is 91.8 Å². The van der Waals surface area contributed by atoms with Gasteiger partial charge in [-0.15, -0.1) is 0 Å². The Bertz CT molecular complexity index is 826. The van der Waals surface area contributed by atoms with Gasteiger partial charge in [0.05, 0.1) is 6.04 Å². The van der Waals surface area contributed by atoms with E-state index in [9.17, 15) is 9.59 Å². The zero-order valence-corrected chi connectivity index (χ0v) is 13.7. The number of rotatable bonds is 5. The Kier molecular flexibility index (Phi) is 4.73. The fraction of sp³-hybridized carbons (Fsp3) is 0.211. The Balaban J connectivity index is 1.70. The summed E-state index contributed by atoms with van der Waals surface area (Å²) in [4.78, 5) is 26.1. The van der Waals surface area contributed by atoms with E-state index >= 15 is 0 Å². The minimum atomic E-state index is -0.827. The van der Waals surface area contributed by atoms with Crippen molar-refractivity contribution in [1.82, 2.24) is 5.32 Å². The first-order chi connectivity index (χ1) is 12.1. The SMILES string of the molecule is C[C@@H](NC(=O)OCC1c2ccccc2-c2ccccc21)C(=O)C=[N+]=[N-]. The zero-order chi connectivity index (χ0) is 17.8. The Labute approximate surface area is 145 Å². The molecule has 0 spiro atoms. The highest BCUT2D eigenvalue weighted by molar-refractivity contribution is 6.27. The smallest absolute Gasteiger partial charge is 0.407 e. The van der Waals surface area contributed by atoms with Gasteiger partial charge < -0.3 is 15.6 Å². The number of alkyl carbamates (subject to hydrolysis) is 1. The van der Waals surface area contributed by atoms with Crippen molar-refractivity contribution in [1.29, 1.82) is 0 Å². The van der Waals surface area contributed by atoms with E-state index in [1.54, 1.807) is 0 Å². The minimum Gasteiger partial charge on any atom is -0.449 e. The number of hydrogen-bond acceptors (Lipinski definition) is 3. The third-order valence-electron chi connectivity index (χ3n) is 4.29. The van der Waals surface area contributed by atoms with Crippen LogP contribution in [-0.4, -0.2) is 35.5 Å². The van der Waals surface area contributed by atoms with Gasteiger partial charge in [-0.1, -0.05) is 48.5 Å². The third-order valence-corrected chi connectivity index (χ3v) is 4.29. The van der Waals surface area contributed by atoms with E-state index in [-0.39, 0.29) is 12.5 Å². The molecule has 0 aromatic heterocycles. The van der Waals surface area contributed by atoms with Gasteiger partial charge in [-0.2, -0.15) is 4.79 Å². The van der Waals surface area contributed by atoms with Gasteiger partial charge in [0, 0.05) is 5.92 Å². The first-order valence-electron chi connectivity index (χ1n) is 7.94. The molecule has 0 saturated heterocycles. The van der Waals surface area contributed by atoms with Crippen LogP contribution in [0.4, 0.5) is 4.79 Å². The number of ketones is 1. The molecule has 1 aliphatic rings. The maximum absolute atomic E-state index is 12.0. The number of fused-ring (bicyclic) bond motifs is 3. The van der Waals surface area contributed by atoms with Crippen LogP contribution in [0, 0.1) is 0 Å². The predicted octanol–water partition coefficient (Wildman–Crippen LogP) is 2.78. The summed E-state index contributed by atoms with van der Waals surface area (Å²) in [6.07, 6.45) is 0.0584. The van der Waals surface area contributed by atoms with E-state index in [4.69, 9.17) is 10.3 Å². The highest BCUT2D eigenvalue weighted by Crippen LogP contribution is 2.44. The van der Waals surface area contributed by atoms with Crippen molar-refractivity contribution in [2.45, 2.75) is 18.9 Å². The van der Waals surface area contributed by atoms with Crippen molar-refractivity contribution < 1.29 is 19.1 Å². The molecule has 0 unspecified atom stereocenters. The van der Waals surface area contributed by atoms with Crippen LogP contribution < -0.4 is 5.32 Å². The molecule has 2 aromatic carbocycles. The zero-order valence-electron chi connectivity index (χ0n) is 13.7. The standard InChI is InChI=1S/C19H17N3O3/c1-12(18(23)10-21-20)22-19(24)25-11-17-15-8-4-2-6-13(15)14-7-3-5-9-16(14)17/h2-10,12,17H,11H2,1H3,(H,22,24)/t12-/m1/s1. The van der Waals surface area contributed by atoms with Crippen molar-refractivity contribution in [3.63, 3.8) is 0 Å². The molecule has 2 aromatic rings. The van der Waals surface area contributed by atoms with Crippen molar-refractivity contribution in [3.8, 4) is 11.1 Å². The molecule has 0 aliphatic heterocycles. The lowest BCUT2D eigenvalue weighted by molar-refractivity contribution is -0.117. The van der Waals surface area contributed by atoms with Gasteiger partial charge in [0.25, 0.3) is 5.78 Å². The summed E-state index contributed by atoms with van der Waals surface area (Å²) in [5.41, 5.74) is 12.9. The Morgan fingerprint density at radius 1 is 1.16 bits per heavy atom. The molecule has 6 heteroatoms. The monoisotopic (exact) mass is 335 g/mol. The molecule has 6 nitrogen and oxygen atoms in total. The van der Waals surface area contributed by atoms with Crippen LogP contribution in [-0.2, 0) is 9.53 Å². The molecule has 0 fully saturated rings. The fourth-order valence-electron chi connectivity index (χ4n) is 3.06. The number of nitrogens with zero attached hydrogens (tertiary/aromatic N) is 2. The lowest BCUT2D eigenvalue weighted by Crippen LogP contribution is -2.39. The average Bonchev–Trinajstić information content (AvgIpc) is 2.94. The van der Waals surface area contributed by atoms with Crippen molar-refractivity contribution in [2.75, 3.05) is 6.61 Å². The summed E-state index contributed by atoms with van der Waals surface area (Å²) >= 11 is 0. The second kappa shape index (κ2) is 7.11. The summed E-state index contributed by atoms with van der Waals surface area (Å²) in [5, 5.41) is 2.42. The summed E-state index contributed by atoms with van der Waals surface area (Å²) < 4.78 is 5.33. The molecule has 126 valence electrons. The Morgan fingerprint density at radius 3 is 2.28 bits per heavy atom. The molecule has 0 bridgehead atoms. The second-order valence-corrected chi connectivity index (χ2v) is 5.84. The van der Waals surface area contributed by atoms with Crippen molar-refractivity contribution in [2.24, 2.45) is 0 Å². The number of carbonyl (C=O) groups is 2. The van der Waals surface area contributed by atoms with E-state index < -0.39 is 17.9 Å². The van der Waals surface area contributed by atoms with E-state index in [1.165, 1.54) is 6.92 Å². The van der Waals surface area contributed by atoms with Crippen LogP contribution in [0.25, 0.3) is 16.7 Å². The highest BCUT2D eigenvalue weighted by Gasteiger charge is 2.29. The van der Waals surface area contributed by atoms with Gasteiger partial charge in [0.15, 0.2) is 0 Å². The van der Waals surface area contributed by atoms with E-state index in [0.717, 1.165) is 28.5 Å². The van der Waals surface area contributed by atoms with Crippen LogP contribution in [0.5, 0.6) is 0 Å². The lowest BCUT2D eigenvalue weighted by Gasteiger charge is -2.15. The first-order valence-corrected chi connectivity index (χ1v) is 7.94. The average molecular weight is 335 g/mol. The second-order valence-electron chi connectivity index (χ2n) is 5.84. The molecule has 1 amide bonds. The Hall–Kier alpha value is -3.24. The van der Waals surface area contributed by atoms with Gasteiger partial charge >= 0.3 is 12.3 Å². The quantitative estimate of drug-likeness (QED) is 0.517. The molecule has 1 N–H and O–H groups in total. The largest absolute Gasteiger partial charge is 0.449 e. The van der Waals surface area contributed by atoms with Crippen molar-refractivity contribution in [3.05, 3.63) is 65.2 Å². The molecule has 0 radical (unpaired) electrons. The molecule has 3 rings (SSSR count). The Morgan fingerprint density at radius 2 is 1.72 bits per heavy atom. The maximum atomic E-state index is 12.0. The normalized spacial score (nSPS) is 13.2. The molecular weight excluding hydrogens is 318 g/mol. The lowest BCUT2D eigenvalue weighted by atomic mass is 9.98. The van der Waals surface area contributed by atoms with Gasteiger partial charge in [-0.25, -0.2) is 4.79 Å². The molecule has 1 atom stereocenters. The van der Waals surface area contributed by atoms with Crippen LogP contribution in [0.15, 0.2) is 48.5 Å². The molecular formula is C19H17N3O3. The summed E-state index contributed by atoms with van der Waals surface area (Å²) in [6.45, 7) is 1.67.